The van der Waals surface area contributed by atoms with Gasteiger partial charge in [-0.15, -0.1) is 0 Å². The van der Waals surface area contributed by atoms with E-state index in [9.17, 15) is 14.0 Å². The minimum Gasteiger partial charge on any atom is -0.324 e. The van der Waals surface area contributed by atoms with Gasteiger partial charge in [-0.25, -0.2) is 14.2 Å². The van der Waals surface area contributed by atoms with Crippen LogP contribution < -0.4 is 5.32 Å². The highest BCUT2D eigenvalue weighted by Gasteiger charge is 2.46. The van der Waals surface area contributed by atoms with E-state index in [4.69, 9.17) is 4.84 Å². The molecular weight excluding hydrogens is 313 g/mol. The summed E-state index contributed by atoms with van der Waals surface area (Å²) >= 11 is 0. The second-order valence-electron chi connectivity index (χ2n) is 6.42. The number of carbonyl (C=O) groups is 2. The molecule has 1 N–H and O–H groups in total. The average molecular weight is 335 g/mol. The first-order valence-electron chi connectivity index (χ1n) is 8.24. The zero-order valence-corrected chi connectivity index (χ0v) is 14.0. The lowest BCUT2D eigenvalue weighted by molar-refractivity contribution is -0.206. The van der Waals surface area contributed by atoms with Crippen LogP contribution in [0, 0.1) is 12.7 Å². The Bertz CT molecular complexity index is 656. The second-order valence-corrected chi connectivity index (χ2v) is 6.42. The summed E-state index contributed by atoms with van der Waals surface area (Å²) in [6, 6.07) is 4.28. The number of carbonyl (C=O) groups excluding carboxylic acids is 2. The zero-order chi connectivity index (χ0) is 17.3. The number of nitrogens with one attached hydrogen (secondary N) is 1. The lowest BCUT2D eigenvalue weighted by atomic mass is 9.89. The molecule has 0 unspecified atom stereocenters. The Balaban J connectivity index is 1.57. The van der Waals surface area contributed by atoms with Crippen LogP contribution in [-0.2, 0) is 9.63 Å². The number of amides is 3. The monoisotopic (exact) mass is 335 g/mol. The number of piperidine rings is 1. The third-order valence-electron chi connectivity index (χ3n) is 4.71. The number of hydrogen-bond donors (Lipinski definition) is 1. The van der Waals surface area contributed by atoms with Crippen LogP contribution in [0.3, 0.4) is 0 Å². The van der Waals surface area contributed by atoms with Crippen LogP contribution in [0.4, 0.5) is 14.9 Å². The Morgan fingerprint density at radius 1 is 1.38 bits per heavy atom. The Kier molecular flexibility index (Phi) is 4.45. The van der Waals surface area contributed by atoms with Gasteiger partial charge in [-0.05, 0) is 50.5 Å². The first kappa shape index (κ1) is 16.7. The van der Waals surface area contributed by atoms with E-state index >= 15 is 0 Å². The molecule has 0 bridgehead atoms. The third-order valence-corrected chi connectivity index (χ3v) is 4.71. The van der Waals surface area contributed by atoms with Crippen molar-refractivity contribution in [1.82, 2.24) is 9.96 Å². The van der Waals surface area contributed by atoms with Crippen molar-refractivity contribution in [2.45, 2.75) is 38.7 Å². The summed E-state index contributed by atoms with van der Waals surface area (Å²) in [7, 11) is 0. The topological polar surface area (TPSA) is 61.9 Å². The molecule has 3 rings (SSSR count). The van der Waals surface area contributed by atoms with Crippen molar-refractivity contribution in [2.75, 3.05) is 25.0 Å². The molecule has 2 aliphatic rings. The Morgan fingerprint density at radius 2 is 2.08 bits per heavy atom. The largest absolute Gasteiger partial charge is 0.324 e. The van der Waals surface area contributed by atoms with Crippen LogP contribution in [0.5, 0.6) is 0 Å². The van der Waals surface area contributed by atoms with E-state index in [2.05, 4.69) is 5.32 Å². The minimum atomic E-state index is -0.462. The van der Waals surface area contributed by atoms with E-state index < -0.39 is 5.60 Å². The molecule has 0 aliphatic carbocycles. The maximum Gasteiger partial charge on any atom is 0.321 e. The van der Waals surface area contributed by atoms with Crippen molar-refractivity contribution in [3.8, 4) is 0 Å². The first-order valence-corrected chi connectivity index (χ1v) is 8.24. The first-order chi connectivity index (χ1) is 11.4. The molecule has 0 radical (unpaired) electrons. The molecule has 130 valence electrons. The number of hydroxylamine groups is 2. The molecule has 2 saturated heterocycles. The fraction of sp³-hybridized carbons (Fsp3) is 0.529. The number of halogens is 1. The molecule has 1 aromatic carbocycles. The normalized spacial score (nSPS) is 19.9. The molecule has 6 nitrogen and oxygen atoms in total. The van der Waals surface area contributed by atoms with Crippen LogP contribution in [0.1, 0.15) is 31.7 Å². The number of nitrogens with zero attached hydrogens (tertiary/aromatic N) is 2. The maximum atomic E-state index is 13.3. The van der Waals surface area contributed by atoms with Crippen molar-refractivity contribution in [1.29, 1.82) is 0 Å². The van der Waals surface area contributed by atoms with E-state index in [1.54, 1.807) is 24.0 Å². The number of benzene rings is 1. The summed E-state index contributed by atoms with van der Waals surface area (Å²) in [6.07, 6.45) is 1.64. The summed E-state index contributed by atoms with van der Waals surface area (Å²) in [4.78, 5) is 31.7. The van der Waals surface area contributed by atoms with E-state index in [0.717, 1.165) is 0 Å². The lowest BCUT2D eigenvalue weighted by Gasteiger charge is -2.37. The number of aryl methyl sites for hydroxylation is 1. The number of rotatable bonds is 2. The number of hydrogen-bond acceptors (Lipinski definition) is 3. The van der Waals surface area contributed by atoms with Gasteiger partial charge in [0.25, 0.3) is 0 Å². The van der Waals surface area contributed by atoms with Crippen molar-refractivity contribution in [2.24, 2.45) is 0 Å². The molecule has 0 aromatic heterocycles. The quantitative estimate of drug-likeness (QED) is 0.904. The van der Waals surface area contributed by atoms with Gasteiger partial charge >= 0.3 is 6.03 Å². The fourth-order valence-corrected chi connectivity index (χ4v) is 3.23. The molecule has 2 heterocycles. The van der Waals surface area contributed by atoms with Crippen molar-refractivity contribution in [3.63, 3.8) is 0 Å². The molecule has 0 atom stereocenters. The van der Waals surface area contributed by atoms with Gasteiger partial charge in [0.2, 0.25) is 5.91 Å². The molecule has 2 fully saturated rings. The van der Waals surface area contributed by atoms with Gasteiger partial charge in [0.1, 0.15) is 11.4 Å². The van der Waals surface area contributed by atoms with Crippen LogP contribution in [-0.4, -0.2) is 47.1 Å². The number of anilines is 1. The highest BCUT2D eigenvalue weighted by Crippen LogP contribution is 2.36. The summed E-state index contributed by atoms with van der Waals surface area (Å²) in [6.45, 7) is 5.12. The third kappa shape index (κ3) is 3.21. The highest BCUT2D eigenvalue weighted by atomic mass is 19.1. The fourth-order valence-electron chi connectivity index (χ4n) is 3.23. The van der Waals surface area contributed by atoms with Crippen LogP contribution >= 0.6 is 0 Å². The van der Waals surface area contributed by atoms with Gasteiger partial charge in [-0.2, -0.15) is 0 Å². The SMILES string of the molecule is CCN1OC2(CCN(C(=O)Nc3ccc(F)c(C)c3)CC2)CC1=O. The summed E-state index contributed by atoms with van der Waals surface area (Å²) in [5.74, 6) is -0.284. The predicted molar refractivity (Wildman–Crippen MR) is 86.8 cm³/mol. The highest BCUT2D eigenvalue weighted by molar-refractivity contribution is 5.89. The molecule has 0 saturated carbocycles. The minimum absolute atomic E-state index is 0.0113. The zero-order valence-electron chi connectivity index (χ0n) is 14.0. The maximum absolute atomic E-state index is 13.3. The molecule has 2 aliphatic heterocycles. The van der Waals surface area contributed by atoms with Gasteiger partial charge in [0.05, 0.1) is 6.42 Å². The van der Waals surface area contributed by atoms with E-state index in [1.807, 2.05) is 6.92 Å². The Labute approximate surface area is 140 Å². The van der Waals surface area contributed by atoms with Crippen molar-refractivity contribution in [3.05, 3.63) is 29.6 Å². The van der Waals surface area contributed by atoms with Gasteiger partial charge in [0, 0.05) is 25.3 Å². The van der Waals surface area contributed by atoms with Gasteiger partial charge in [0.15, 0.2) is 0 Å². The van der Waals surface area contributed by atoms with Crippen molar-refractivity contribution >= 4 is 17.6 Å². The standard InChI is InChI=1S/C17H22FN3O3/c1-3-21-15(22)11-17(24-21)6-8-20(9-7-17)16(23)19-13-4-5-14(18)12(2)10-13/h4-5,10H,3,6-9,11H2,1-2H3,(H,19,23). The van der Waals surface area contributed by atoms with Crippen LogP contribution in [0.15, 0.2) is 18.2 Å². The molecular formula is C17H22FN3O3. The van der Waals surface area contributed by atoms with Crippen LogP contribution in [0.25, 0.3) is 0 Å². The molecule has 3 amide bonds. The Hall–Kier alpha value is -2.15. The Morgan fingerprint density at radius 3 is 2.67 bits per heavy atom. The average Bonchev–Trinajstić information content (AvgIpc) is 2.87. The summed E-state index contributed by atoms with van der Waals surface area (Å²) in [5, 5.41) is 4.20. The van der Waals surface area contributed by atoms with Gasteiger partial charge < -0.3 is 10.2 Å². The lowest BCUT2D eigenvalue weighted by Crippen LogP contribution is -2.48. The number of likely N-dealkylation sites (tertiary alicyclic amines) is 1. The van der Waals surface area contributed by atoms with E-state index in [1.165, 1.54) is 11.1 Å². The van der Waals surface area contributed by atoms with E-state index in [0.29, 0.717) is 50.1 Å². The molecule has 1 spiro atoms. The molecule has 7 heteroatoms. The molecule has 24 heavy (non-hydrogen) atoms. The predicted octanol–water partition coefficient (Wildman–Crippen LogP) is 2.68. The second kappa shape index (κ2) is 6.39. The smallest absolute Gasteiger partial charge is 0.321 e. The van der Waals surface area contributed by atoms with Crippen molar-refractivity contribution < 1.29 is 18.8 Å². The summed E-state index contributed by atoms with van der Waals surface area (Å²) < 4.78 is 13.3. The van der Waals surface area contributed by atoms with Gasteiger partial charge in [-0.1, -0.05) is 0 Å². The summed E-state index contributed by atoms with van der Waals surface area (Å²) in [5.41, 5.74) is 0.600. The van der Waals surface area contributed by atoms with Gasteiger partial charge in [-0.3, -0.25) is 9.63 Å². The van der Waals surface area contributed by atoms with E-state index in [-0.39, 0.29) is 17.8 Å². The number of urea groups is 1. The van der Waals surface area contributed by atoms with Crippen LogP contribution in [0.2, 0.25) is 0 Å². The molecule has 1 aromatic rings.